The molecule has 0 aromatic heterocycles. The SMILES string of the molecule is Fc1ccc(C2CC(NC3CCCC3)C2)cc1. The number of benzene rings is 1. The molecule has 1 N–H and O–H groups in total. The molecule has 3 rings (SSSR count). The molecule has 0 heterocycles. The lowest BCUT2D eigenvalue weighted by molar-refractivity contribution is 0.265. The third-order valence-electron chi connectivity index (χ3n) is 4.31. The zero-order valence-corrected chi connectivity index (χ0v) is 10.2. The van der Waals surface area contributed by atoms with Gasteiger partial charge in [0.15, 0.2) is 0 Å². The van der Waals surface area contributed by atoms with E-state index in [0.29, 0.717) is 12.0 Å². The molecule has 0 saturated heterocycles. The molecule has 92 valence electrons. The molecule has 0 amide bonds. The summed E-state index contributed by atoms with van der Waals surface area (Å²) in [5.41, 5.74) is 1.30. The highest BCUT2D eigenvalue weighted by molar-refractivity contribution is 5.23. The van der Waals surface area contributed by atoms with Crippen LogP contribution in [0.1, 0.15) is 50.0 Å². The van der Waals surface area contributed by atoms with Gasteiger partial charge in [-0.1, -0.05) is 25.0 Å². The normalized spacial score (nSPS) is 29.2. The third-order valence-corrected chi connectivity index (χ3v) is 4.31. The quantitative estimate of drug-likeness (QED) is 0.841. The predicted octanol–water partition coefficient (Wildman–Crippen LogP) is 3.60. The minimum Gasteiger partial charge on any atom is -0.311 e. The van der Waals surface area contributed by atoms with E-state index in [-0.39, 0.29) is 5.82 Å². The monoisotopic (exact) mass is 233 g/mol. The van der Waals surface area contributed by atoms with Crippen molar-refractivity contribution < 1.29 is 4.39 Å². The Balaban J connectivity index is 1.49. The number of rotatable bonds is 3. The van der Waals surface area contributed by atoms with Crippen LogP contribution < -0.4 is 5.32 Å². The van der Waals surface area contributed by atoms with Gasteiger partial charge in [0.1, 0.15) is 5.82 Å². The zero-order chi connectivity index (χ0) is 11.7. The van der Waals surface area contributed by atoms with Crippen molar-refractivity contribution in [2.75, 3.05) is 0 Å². The molecule has 0 unspecified atom stereocenters. The Morgan fingerprint density at radius 2 is 1.59 bits per heavy atom. The van der Waals surface area contributed by atoms with E-state index >= 15 is 0 Å². The molecule has 0 spiro atoms. The minimum atomic E-state index is -0.131. The lowest BCUT2D eigenvalue weighted by atomic mass is 9.75. The van der Waals surface area contributed by atoms with Gasteiger partial charge < -0.3 is 5.32 Å². The van der Waals surface area contributed by atoms with E-state index in [4.69, 9.17) is 0 Å². The van der Waals surface area contributed by atoms with E-state index in [1.54, 1.807) is 12.1 Å². The summed E-state index contributed by atoms with van der Waals surface area (Å²) in [6.07, 6.45) is 7.96. The first-order valence-corrected chi connectivity index (χ1v) is 6.83. The molecule has 0 aliphatic heterocycles. The van der Waals surface area contributed by atoms with Crippen molar-refractivity contribution in [3.63, 3.8) is 0 Å². The van der Waals surface area contributed by atoms with Crippen molar-refractivity contribution in [2.24, 2.45) is 0 Å². The van der Waals surface area contributed by atoms with Crippen LogP contribution >= 0.6 is 0 Å². The van der Waals surface area contributed by atoms with Crippen molar-refractivity contribution >= 4 is 0 Å². The molecular formula is C15H20FN. The Bertz CT molecular complexity index is 361. The van der Waals surface area contributed by atoms with Gasteiger partial charge in [0.05, 0.1) is 0 Å². The van der Waals surface area contributed by atoms with Crippen LogP contribution in [-0.4, -0.2) is 12.1 Å². The number of nitrogens with one attached hydrogen (secondary N) is 1. The van der Waals surface area contributed by atoms with Crippen molar-refractivity contribution in [3.8, 4) is 0 Å². The van der Waals surface area contributed by atoms with E-state index in [1.807, 2.05) is 12.1 Å². The molecule has 1 nitrogen and oxygen atoms in total. The first kappa shape index (κ1) is 11.2. The highest BCUT2D eigenvalue weighted by atomic mass is 19.1. The van der Waals surface area contributed by atoms with E-state index in [2.05, 4.69) is 5.32 Å². The zero-order valence-electron chi connectivity index (χ0n) is 10.2. The van der Waals surface area contributed by atoms with E-state index < -0.39 is 0 Å². The fourth-order valence-electron chi connectivity index (χ4n) is 3.19. The Morgan fingerprint density at radius 1 is 0.941 bits per heavy atom. The maximum absolute atomic E-state index is 12.8. The average molecular weight is 233 g/mol. The molecule has 2 aliphatic rings. The van der Waals surface area contributed by atoms with E-state index in [9.17, 15) is 4.39 Å². The van der Waals surface area contributed by atoms with Crippen molar-refractivity contribution in [3.05, 3.63) is 35.6 Å². The summed E-state index contributed by atoms with van der Waals surface area (Å²) < 4.78 is 12.8. The second-order valence-corrected chi connectivity index (χ2v) is 5.56. The van der Waals surface area contributed by atoms with Gasteiger partial charge in [0, 0.05) is 12.1 Å². The Hall–Kier alpha value is -0.890. The van der Waals surface area contributed by atoms with Gasteiger partial charge in [0.2, 0.25) is 0 Å². The summed E-state index contributed by atoms with van der Waals surface area (Å²) in [4.78, 5) is 0. The molecule has 0 radical (unpaired) electrons. The molecule has 1 aromatic rings. The van der Waals surface area contributed by atoms with Crippen LogP contribution in [0.3, 0.4) is 0 Å². The van der Waals surface area contributed by atoms with E-state index in [1.165, 1.54) is 44.1 Å². The van der Waals surface area contributed by atoms with Gasteiger partial charge in [-0.25, -0.2) is 4.39 Å². The van der Waals surface area contributed by atoms with Crippen LogP contribution in [-0.2, 0) is 0 Å². The van der Waals surface area contributed by atoms with Crippen LogP contribution in [0.25, 0.3) is 0 Å². The number of hydrogen-bond donors (Lipinski definition) is 1. The molecule has 2 aliphatic carbocycles. The van der Waals surface area contributed by atoms with Crippen LogP contribution in [0.5, 0.6) is 0 Å². The molecule has 0 bridgehead atoms. The summed E-state index contributed by atoms with van der Waals surface area (Å²) >= 11 is 0. The molecule has 17 heavy (non-hydrogen) atoms. The maximum atomic E-state index is 12.8. The number of halogens is 1. The predicted molar refractivity (Wildman–Crippen MR) is 67.6 cm³/mol. The number of hydrogen-bond acceptors (Lipinski definition) is 1. The Morgan fingerprint density at radius 3 is 2.24 bits per heavy atom. The third kappa shape index (κ3) is 2.52. The second kappa shape index (κ2) is 4.77. The minimum absolute atomic E-state index is 0.131. The Labute approximate surface area is 102 Å². The van der Waals surface area contributed by atoms with Crippen LogP contribution in [0.4, 0.5) is 4.39 Å². The summed E-state index contributed by atoms with van der Waals surface area (Å²) in [5.74, 6) is 0.517. The fourth-order valence-corrected chi connectivity index (χ4v) is 3.19. The molecule has 0 atom stereocenters. The smallest absolute Gasteiger partial charge is 0.123 e. The van der Waals surface area contributed by atoms with Gasteiger partial charge in [0.25, 0.3) is 0 Å². The van der Waals surface area contributed by atoms with Gasteiger partial charge in [-0.3, -0.25) is 0 Å². The first-order chi connectivity index (χ1) is 8.31. The van der Waals surface area contributed by atoms with Gasteiger partial charge in [-0.15, -0.1) is 0 Å². The Kier molecular flexibility index (Phi) is 3.15. The lowest BCUT2D eigenvalue weighted by Crippen LogP contribution is -2.44. The fraction of sp³-hybridized carbons (Fsp3) is 0.600. The van der Waals surface area contributed by atoms with Crippen LogP contribution in [0, 0.1) is 5.82 Å². The summed E-state index contributed by atoms with van der Waals surface area (Å²) in [6.45, 7) is 0. The summed E-state index contributed by atoms with van der Waals surface area (Å²) in [7, 11) is 0. The summed E-state index contributed by atoms with van der Waals surface area (Å²) in [5, 5.41) is 3.75. The first-order valence-electron chi connectivity index (χ1n) is 6.83. The maximum Gasteiger partial charge on any atom is 0.123 e. The van der Waals surface area contributed by atoms with E-state index in [0.717, 1.165) is 6.04 Å². The second-order valence-electron chi connectivity index (χ2n) is 5.56. The molecule has 2 saturated carbocycles. The molecule has 1 aromatic carbocycles. The van der Waals surface area contributed by atoms with Gasteiger partial charge in [-0.05, 0) is 49.3 Å². The highest BCUT2D eigenvalue weighted by Gasteiger charge is 2.32. The molecule has 2 heteroatoms. The molecular weight excluding hydrogens is 213 g/mol. The largest absolute Gasteiger partial charge is 0.311 e. The van der Waals surface area contributed by atoms with Gasteiger partial charge in [-0.2, -0.15) is 0 Å². The highest BCUT2D eigenvalue weighted by Crippen LogP contribution is 2.37. The van der Waals surface area contributed by atoms with Gasteiger partial charge >= 0.3 is 0 Å². The lowest BCUT2D eigenvalue weighted by Gasteiger charge is -2.38. The van der Waals surface area contributed by atoms with Crippen LogP contribution in [0.15, 0.2) is 24.3 Å². The topological polar surface area (TPSA) is 12.0 Å². The van der Waals surface area contributed by atoms with Crippen molar-refractivity contribution in [1.29, 1.82) is 0 Å². The van der Waals surface area contributed by atoms with Crippen LogP contribution in [0.2, 0.25) is 0 Å². The molecule has 2 fully saturated rings. The summed E-state index contributed by atoms with van der Waals surface area (Å²) in [6, 6.07) is 8.50. The van der Waals surface area contributed by atoms with Crippen molar-refractivity contribution in [2.45, 2.75) is 56.5 Å². The van der Waals surface area contributed by atoms with Crippen molar-refractivity contribution in [1.82, 2.24) is 5.32 Å². The standard InChI is InChI=1S/C15H20FN/c16-13-7-5-11(6-8-13)12-9-15(10-12)17-14-3-1-2-4-14/h5-8,12,14-15,17H,1-4,9-10H2. The average Bonchev–Trinajstić information content (AvgIpc) is 2.77.